The second kappa shape index (κ2) is 4.35. The van der Waals surface area contributed by atoms with E-state index in [2.05, 4.69) is 20.9 Å². The van der Waals surface area contributed by atoms with Gasteiger partial charge in [-0.05, 0) is 12.8 Å². The molecule has 0 atom stereocenters. The third-order valence-electron chi connectivity index (χ3n) is 1.61. The minimum atomic E-state index is -0.248. The molecule has 0 aliphatic rings. The zero-order valence-corrected chi connectivity index (χ0v) is 8.17. The number of nitrogens with zero attached hydrogens (tertiary/aromatic N) is 1. The fourth-order valence-electron chi connectivity index (χ4n) is 0.967. The van der Waals surface area contributed by atoms with Gasteiger partial charge in [0.15, 0.2) is 0 Å². The maximum atomic E-state index is 11.0. The molecule has 0 aliphatic carbocycles. The van der Waals surface area contributed by atoms with E-state index in [4.69, 9.17) is 5.11 Å². The number of unbranched alkanes of at least 4 members (excludes halogenated alkanes) is 1. The van der Waals surface area contributed by atoms with E-state index in [0.717, 1.165) is 18.2 Å². The maximum absolute atomic E-state index is 11.0. The van der Waals surface area contributed by atoms with E-state index in [1.165, 1.54) is 10.8 Å². The van der Waals surface area contributed by atoms with Crippen LogP contribution in [0.1, 0.15) is 12.8 Å². The molecule has 0 fully saturated rings. The highest BCUT2D eigenvalue weighted by atomic mass is 79.9. The van der Waals surface area contributed by atoms with Crippen molar-refractivity contribution in [2.75, 3.05) is 5.33 Å². The first-order chi connectivity index (χ1) is 5.75. The molecule has 12 heavy (non-hydrogen) atoms. The first-order valence-electron chi connectivity index (χ1n) is 3.79. The lowest BCUT2D eigenvalue weighted by atomic mass is 10.3. The van der Waals surface area contributed by atoms with Gasteiger partial charge in [-0.25, -0.2) is 4.79 Å². The summed E-state index contributed by atoms with van der Waals surface area (Å²) in [6.07, 6.45) is 3.18. The Labute approximate surface area is 78.4 Å². The standard InChI is InChI=1S/C7H11BrN2O2/c8-3-1-2-4-10-6(11)5-9-7(10)12/h5,11H,1-4H2,(H,9,12). The highest BCUT2D eigenvalue weighted by molar-refractivity contribution is 9.09. The summed E-state index contributed by atoms with van der Waals surface area (Å²) < 4.78 is 1.32. The quantitative estimate of drug-likeness (QED) is 0.605. The molecule has 0 unspecified atom stereocenters. The molecule has 0 bridgehead atoms. The Kier molecular flexibility index (Phi) is 3.40. The molecule has 0 amide bonds. The molecule has 0 aliphatic heterocycles. The number of halogens is 1. The van der Waals surface area contributed by atoms with Crippen molar-refractivity contribution in [3.8, 4) is 5.88 Å². The number of hydrogen-bond acceptors (Lipinski definition) is 2. The van der Waals surface area contributed by atoms with Gasteiger partial charge >= 0.3 is 5.69 Å². The van der Waals surface area contributed by atoms with Crippen molar-refractivity contribution in [2.24, 2.45) is 0 Å². The van der Waals surface area contributed by atoms with Crippen molar-refractivity contribution in [1.29, 1.82) is 0 Å². The monoisotopic (exact) mass is 234 g/mol. The number of rotatable bonds is 4. The molecule has 0 radical (unpaired) electrons. The van der Waals surface area contributed by atoms with Gasteiger partial charge in [-0.2, -0.15) is 0 Å². The maximum Gasteiger partial charge on any atom is 0.328 e. The molecule has 1 aromatic rings. The van der Waals surface area contributed by atoms with Gasteiger partial charge in [0.25, 0.3) is 0 Å². The van der Waals surface area contributed by atoms with Crippen LogP contribution >= 0.6 is 15.9 Å². The number of imidazole rings is 1. The molecule has 68 valence electrons. The molecular weight excluding hydrogens is 224 g/mol. The van der Waals surface area contributed by atoms with Crippen LogP contribution in [0.3, 0.4) is 0 Å². The van der Waals surface area contributed by atoms with Crippen LogP contribution in [0.4, 0.5) is 0 Å². The first-order valence-corrected chi connectivity index (χ1v) is 4.91. The summed E-state index contributed by atoms with van der Waals surface area (Å²) in [6.45, 7) is 0.569. The predicted molar refractivity (Wildman–Crippen MR) is 49.7 cm³/mol. The second-order valence-electron chi connectivity index (χ2n) is 2.50. The van der Waals surface area contributed by atoms with Gasteiger partial charge in [0.1, 0.15) is 0 Å². The van der Waals surface area contributed by atoms with Gasteiger partial charge < -0.3 is 10.1 Å². The minimum Gasteiger partial charge on any atom is -0.493 e. The molecule has 0 spiro atoms. The molecule has 0 saturated heterocycles. The Morgan fingerprint density at radius 3 is 2.83 bits per heavy atom. The number of aromatic amines is 1. The molecule has 1 aromatic heterocycles. The Bertz CT molecular complexity index is 292. The second-order valence-corrected chi connectivity index (χ2v) is 3.29. The highest BCUT2D eigenvalue weighted by Gasteiger charge is 2.02. The zero-order chi connectivity index (χ0) is 8.97. The van der Waals surface area contributed by atoms with Crippen molar-refractivity contribution in [2.45, 2.75) is 19.4 Å². The molecule has 1 heterocycles. The van der Waals surface area contributed by atoms with Crippen molar-refractivity contribution < 1.29 is 5.11 Å². The van der Waals surface area contributed by atoms with Gasteiger partial charge in [-0.1, -0.05) is 15.9 Å². The normalized spacial score (nSPS) is 10.4. The van der Waals surface area contributed by atoms with E-state index in [-0.39, 0.29) is 11.6 Å². The number of nitrogens with one attached hydrogen (secondary N) is 1. The Hall–Kier alpha value is -0.710. The van der Waals surface area contributed by atoms with Crippen molar-refractivity contribution in [3.63, 3.8) is 0 Å². The average molecular weight is 235 g/mol. The molecule has 0 saturated carbocycles. The third-order valence-corrected chi connectivity index (χ3v) is 2.17. The van der Waals surface area contributed by atoms with Gasteiger partial charge in [0.05, 0.1) is 6.20 Å². The number of aromatic nitrogens is 2. The van der Waals surface area contributed by atoms with Crippen molar-refractivity contribution in [1.82, 2.24) is 9.55 Å². The van der Waals surface area contributed by atoms with E-state index in [1.807, 2.05) is 0 Å². The first kappa shape index (κ1) is 9.38. The van der Waals surface area contributed by atoms with Crippen molar-refractivity contribution in [3.05, 3.63) is 16.7 Å². The van der Waals surface area contributed by atoms with Crippen LogP contribution in [0.5, 0.6) is 5.88 Å². The third kappa shape index (κ3) is 2.14. The van der Waals surface area contributed by atoms with Crippen LogP contribution in [0.25, 0.3) is 0 Å². The minimum absolute atomic E-state index is 0.00886. The van der Waals surface area contributed by atoms with Gasteiger partial charge in [0.2, 0.25) is 5.88 Å². The van der Waals surface area contributed by atoms with Crippen LogP contribution in [0.15, 0.2) is 11.0 Å². The van der Waals surface area contributed by atoms with Gasteiger partial charge in [0, 0.05) is 11.9 Å². The molecular formula is C7H11BrN2O2. The van der Waals surface area contributed by atoms with E-state index >= 15 is 0 Å². The van der Waals surface area contributed by atoms with Crippen LogP contribution in [0, 0.1) is 0 Å². The number of H-pyrrole nitrogens is 1. The van der Waals surface area contributed by atoms with Gasteiger partial charge in [-0.3, -0.25) is 4.57 Å². The lowest BCUT2D eigenvalue weighted by Gasteiger charge is -2.00. The van der Waals surface area contributed by atoms with Crippen molar-refractivity contribution >= 4 is 15.9 Å². The summed E-state index contributed by atoms with van der Waals surface area (Å²) in [5.41, 5.74) is -0.248. The molecule has 5 heteroatoms. The van der Waals surface area contributed by atoms with E-state index in [0.29, 0.717) is 6.54 Å². The lowest BCUT2D eigenvalue weighted by molar-refractivity contribution is 0.409. The topological polar surface area (TPSA) is 58.0 Å². The zero-order valence-electron chi connectivity index (χ0n) is 6.59. The Morgan fingerprint density at radius 1 is 1.58 bits per heavy atom. The smallest absolute Gasteiger partial charge is 0.328 e. The van der Waals surface area contributed by atoms with E-state index < -0.39 is 0 Å². The van der Waals surface area contributed by atoms with Crippen LogP contribution in [0.2, 0.25) is 0 Å². The number of aromatic hydroxyl groups is 1. The van der Waals surface area contributed by atoms with Crippen LogP contribution in [-0.2, 0) is 6.54 Å². The fraction of sp³-hybridized carbons (Fsp3) is 0.571. The van der Waals surface area contributed by atoms with Gasteiger partial charge in [-0.15, -0.1) is 0 Å². The number of hydrogen-bond donors (Lipinski definition) is 2. The molecule has 4 nitrogen and oxygen atoms in total. The summed E-state index contributed by atoms with van der Waals surface area (Å²) in [7, 11) is 0. The highest BCUT2D eigenvalue weighted by Crippen LogP contribution is 2.04. The fourth-order valence-corrected chi connectivity index (χ4v) is 1.36. The average Bonchev–Trinajstić information content (AvgIpc) is 2.35. The molecule has 0 aromatic carbocycles. The van der Waals surface area contributed by atoms with Crippen LogP contribution < -0.4 is 5.69 Å². The molecule has 2 N–H and O–H groups in total. The lowest BCUT2D eigenvalue weighted by Crippen LogP contribution is -2.16. The van der Waals surface area contributed by atoms with E-state index in [1.54, 1.807) is 0 Å². The summed E-state index contributed by atoms with van der Waals surface area (Å²) in [5, 5.41) is 10.1. The van der Waals surface area contributed by atoms with E-state index in [9.17, 15) is 4.79 Å². The summed E-state index contributed by atoms with van der Waals surface area (Å²) in [5.74, 6) is 0.00886. The summed E-state index contributed by atoms with van der Waals surface area (Å²) in [6, 6.07) is 0. The summed E-state index contributed by atoms with van der Waals surface area (Å²) in [4.78, 5) is 13.4. The Balaban J connectivity index is 2.56. The number of alkyl halides is 1. The predicted octanol–water partition coefficient (Wildman–Crippen LogP) is 1.06. The Morgan fingerprint density at radius 2 is 2.33 bits per heavy atom. The molecule has 1 rings (SSSR count). The largest absolute Gasteiger partial charge is 0.493 e. The summed E-state index contributed by atoms with van der Waals surface area (Å²) >= 11 is 3.29. The van der Waals surface area contributed by atoms with Crippen LogP contribution in [-0.4, -0.2) is 20.0 Å². The SMILES string of the molecule is O=c1[nH]cc(O)n1CCCCBr.